The normalized spacial score (nSPS) is 11.3. The molecule has 0 spiro atoms. The van der Waals surface area contributed by atoms with E-state index in [1.165, 1.54) is 49.6 Å². The van der Waals surface area contributed by atoms with Gasteiger partial charge in [-0.3, -0.25) is 0 Å². The Morgan fingerprint density at radius 2 is 0.633 bits per heavy atom. The quantitative estimate of drug-likeness (QED) is 0.221. The summed E-state index contributed by atoms with van der Waals surface area (Å²) in [5, 5.41) is 2.12. The lowest BCUT2D eigenvalue weighted by Gasteiger charge is -2.20. The minimum Gasteiger partial charge on any atom is -0.456 e. The van der Waals surface area contributed by atoms with Gasteiger partial charge in [0.05, 0.1) is 0 Å². The highest BCUT2D eigenvalue weighted by Gasteiger charge is 2.17. The molecule has 0 aliphatic heterocycles. The van der Waals surface area contributed by atoms with Gasteiger partial charge >= 0.3 is 0 Å². The van der Waals surface area contributed by atoms with Crippen molar-refractivity contribution < 1.29 is 4.42 Å². The molecular formula is C51H38B5N3O. The van der Waals surface area contributed by atoms with Crippen LogP contribution in [0.5, 0.6) is 0 Å². The van der Waals surface area contributed by atoms with Crippen molar-refractivity contribution in [2.45, 2.75) is 0 Å². The van der Waals surface area contributed by atoms with E-state index in [4.69, 9.17) is 19.4 Å². The Morgan fingerprint density at radius 1 is 0.283 bits per heavy atom. The first kappa shape index (κ1) is 37.2. The van der Waals surface area contributed by atoms with Gasteiger partial charge in [0.2, 0.25) is 0 Å². The van der Waals surface area contributed by atoms with Crippen LogP contribution in [0.25, 0.3) is 101 Å². The number of hydrogen-bond acceptors (Lipinski definition) is 4. The van der Waals surface area contributed by atoms with Crippen LogP contribution < -0.4 is 27.3 Å². The van der Waals surface area contributed by atoms with E-state index < -0.39 is 0 Å². The van der Waals surface area contributed by atoms with Crippen molar-refractivity contribution in [1.29, 1.82) is 0 Å². The number of benzene rings is 8. The summed E-state index contributed by atoms with van der Waals surface area (Å²) in [7, 11) is 11.2. The number of hydrogen-bond donors (Lipinski definition) is 0. The summed E-state index contributed by atoms with van der Waals surface area (Å²) in [6.07, 6.45) is 0. The van der Waals surface area contributed by atoms with Crippen molar-refractivity contribution in [3.05, 3.63) is 170 Å². The van der Waals surface area contributed by atoms with Gasteiger partial charge in [0.25, 0.3) is 0 Å². The lowest BCUT2D eigenvalue weighted by molar-refractivity contribution is 0.669. The minimum absolute atomic E-state index is 0.590. The summed E-state index contributed by atoms with van der Waals surface area (Å²) in [6.45, 7) is 0. The van der Waals surface area contributed by atoms with Crippen LogP contribution in [-0.2, 0) is 0 Å². The Kier molecular flexibility index (Phi) is 9.45. The first-order chi connectivity index (χ1) is 29.3. The van der Waals surface area contributed by atoms with Crippen molar-refractivity contribution >= 4 is 88.5 Å². The molecule has 4 nitrogen and oxygen atoms in total. The van der Waals surface area contributed by atoms with Gasteiger partial charge in [0, 0.05) is 27.5 Å². The molecule has 0 radical (unpaired) electrons. The highest BCUT2D eigenvalue weighted by molar-refractivity contribution is 6.68. The molecule has 8 aromatic carbocycles. The summed E-state index contributed by atoms with van der Waals surface area (Å²) in [4.78, 5) is 15.0. The van der Waals surface area contributed by atoms with E-state index in [0.29, 0.717) is 17.5 Å². The van der Waals surface area contributed by atoms with E-state index in [1.54, 1.807) is 0 Å². The third-order valence-electron chi connectivity index (χ3n) is 12.4. The summed E-state index contributed by atoms with van der Waals surface area (Å²) >= 11 is 0. The molecule has 2 heterocycles. The van der Waals surface area contributed by atoms with Crippen LogP contribution in [0.15, 0.2) is 174 Å². The van der Waals surface area contributed by atoms with Gasteiger partial charge in [0.1, 0.15) is 50.4 Å². The molecule has 0 bridgehead atoms. The van der Waals surface area contributed by atoms with Crippen molar-refractivity contribution in [2.75, 3.05) is 0 Å². The number of nitrogens with zero attached hydrogens (tertiary/aromatic N) is 3. The zero-order chi connectivity index (χ0) is 40.9. The molecule has 0 saturated carbocycles. The van der Waals surface area contributed by atoms with Crippen LogP contribution >= 0.6 is 0 Å². The van der Waals surface area contributed by atoms with Crippen molar-refractivity contribution in [3.8, 4) is 78.7 Å². The van der Waals surface area contributed by atoms with Crippen LogP contribution in [0, 0.1) is 0 Å². The second-order valence-electron chi connectivity index (χ2n) is 15.8. The van der Waals surface area contributed by atoms with Crippen molar-refractivity contribution in [3.63, 3.8) is 0 Å². The van der Waals surface area contributed by atoms with Crippen LogP contribution in [0.4, 0.5) is 0 Å². The van der Waals surface area contributed by atoms with Gasteiger partial charge in [-0.1, -0.05) is 150 Å². The van der Waals surface area contributed by atoms with Crippen molar-refractivity contribution in [2.24, 2.45) is 0 Å². The number of furan rings is 1. The van der Waals surface area contributed by atoms with Gasteiger partial charge in [-0.2, -0.15) is 0 Å². The smallest absolute Gasteiger partial charge is 0.164 e. The molecule has 2 aromatic heterocycles. The molecule has 0 fully saturated rings. The van der Waals surface area contributed by atoms with Gasteiger partial charge in [-0.15, -0.1) is 16.4 Å². The molecule has 60 heavy (non-hydrogen) atoms. The van der Waals surface area contributed by atoms with Crippen molar-refractivity contribution in [1.82, 2.24) is 15.0 Å². The maximum Gasteiger partial charge on any atom is 0.164 e. The Labute approximate surface area is 354 Å². The van der Waals surface area contributed by atoms with E-state index in [-0.39, 0.29) is 0 Å². The molecule has 0 unspecified atom stereocenters. The number of fused-ring (bicyclic) bond motifs is 3. The Hall–Kier alpha value is -7.11. The molecule has 0 atom stereocenters. The SMILES string of the molecule is Bc1c(B)c(B)c(-c2ccc(-c3ccc(-c4ccc5c(c4)oc4cc(-c6nc(-c7ccccc7)nc(-c7cccc(-c8ccccc8)c7)n6)ccc45)cc3)cc2)c(B)c1B. The van der Waals surface area contributed by atoms with E-state index in [2.05, 4.69) is 167 Å². The van der Waals surface area contributed by atoms with Gasteiger partial charge in [0.15, 0.2) is 17.5 Å². The summed E-state index contributed by atoms with van der Waals surface area (Å²) in [5.41, 5.74) is 20.7. The highest BCUT2D eigenvalue weighted by atomic mass is 16.3. The standard InChI is InChI=1S/C51H38B5N3O/c52-44-43(45(53)47(55)48(56)46(44)54)33-20-18-31(19-21-33)30-14-16-32(17-15-30)36-22-24-39-40-25-23-38(28-42(40)60-41(39)27-36)51-58-49(34-10-5-2-6-11-34)57-50(59-51)37-13-7-12-35(26-37)29-8-3-1-4-9-29/h1-28H,52-56H2. The van der Waals surface area contributed by atoms with E-state index in [0.717, 1.165) is 60.9 Å². The zero-order valence-electron chi connectivity index (χ0n) is 34.4. The second kappa shape index (κ2) is 15.2. The topological polar surface area (TPSA) is 51.8 Å². The monoisotopic (exact) mass is 763 g/mol. The molecule has 0 aliphatic carbocycles. The lowest BCUT2D eigenvalue weighted by Crippen LogP contribution is -2.55. The fraction of sp³-hybridized carbons (Fsp3) is 0. The summed E-state index contributed by atoms with van der Waals surface area (Å²) < 4.78 is 6.58. The van der Waals surface area contributed by atoms with E-state index in [1.807, 2.05) is 42.5 Å². The van der Waals surface area contributed by atoms with E-state index in [9.17, 15) is 0 Å². The van der Waals surface area contributed by atoms with Gasteiger partial charge < -0.3 is 4.42 Å². The average molecular weight is 763 g/mol. The largest absolute Gasteiger partial charge is 0.456 e. The molecular weight excluding hydrogens is 725 g/mol. The lowest BCUT2D eigenvalue weighted by atomic mass is 9.59. The summed E-state index contributed by atoms with van der Waals surface area (Å²) in [5.74, 6) is 1.83. The predicted molar refractivity (Wildman–Crippen MR) is 266 cm³/mol. The Bertz CT molecular complexity index is 3210. The summed E-state index contributed by atoms with van der Waals surface area (Å²) in [6, 6.07) is 59.4. The molecule has 9 heteroatoms. The molecule has 10 rings (SSSR count). The predicted octanol–water partition coefficient (Wildman–Crippen LogP) is 4.73. The third-order valence-corrected chi connectivity index (χ3v) is 12.4. The van der Waals surface area contributed by atoms with Crippen LogP contribution in [-0.4, -0.2) is 54.2 Å². The second-order valence-corrected chi connectivity index (χ2v) is 15.8. The van der Waals surface area contributed by atoms with Crippen LogP contribution in [0.3, 0.4) is 0 Å². The Balaban J connectivity index is 0.956. The van der Waals surface area contributed by atoms with Gasteiger partial charge in [-0.05, 0) is 74.8 Å². The fourth-order valence-corrected chi connectivity index (χ4v) is 8.53. The first-order valence-corrected chi connectivity index (χ1v) is 20.5. The number of aromatic nitrogens is 3. The minimum atomic E-state index is 0.590. The first-order valence-electron chi connectivity index (χ1n) is 20.5. The van der Waals surface area contributed by atoms with E-state index >= 15 is 0 Å². The van der Waals surface area contributed by atoms with Gasteiger partial charge in [-0.25, -0.2) is 15.0 Å². The highest BCUT2D eigenvalue weighted by Crippen LogP contribution is 2.36. The fourth-order valence-electron chi connectivity index (χ4n) is 8.53. The third kappa shape index (κ3) is 6.76. The van der Waals surface area contributed by atoms with Crippen LogP contribution in [0.2, 0.25) is 0 Å². The molecule has 0 N–H and O–H groups in total. The zero-order valence-corrected chi connectivity index (χ0v) is 34.4. The molecule has 0 aliphatic rings. The molecule has 0 saturated heterocycles. The number of rotatable bonds is 7. The molecule has 0 amide bonds. The molecule has 10 aromatic rings. The maximum atomic E-state index is 6.58. The average Bonchev–Trinajstić information content (AvgIpc) is 3.68. The van der Waals surface area contributed by atoms with Crippen LogP contribution in [0.1, 0.15) is 0 Å². The maximum absolute atomic E-state index is 6.58. The Morgan fingerprint density at radius 3 is 1.20 bits per heavy atom. The molecule has 278 valence electrons.